The molecule has 0 amide bonds. The highest BCUT2D eigenvalue weighted by molar-refractivity contribution is 7.10. The predicted octanol–water partition coefficient (Wildman–Crippen LogP) is 3.99. The van der Waals surface area contributed by atoms with Gasteiger partial charge in [-0.25, -0.2) is 9.79 Å². The van der Waals surface area contributed by atoms with Gasteiger partial charge in [0.15, 0.2) is 4.80 Å². The number of furan rings is 1. The van der Waals surface area contributed by atoms with Gasteiger partial charge in [-0.05, 0) is 49.6 Å². The zero-order valence-electron chi connectivity index (χ0n) is 18.8. The third-order valence-electron chi connectivity index (χ3n) is 5.54. The van der Waals surface area contributed by atoms with E-state index in [2.05, 4.69) is 11.1 Å². The van der Waals surface area contributed by atoms with Crippen LogP contribution in [0.2, 0.25) is 0 Å². The Morgan fingerprint density at radius 1 is 1.26 bits per heavy atom. The smallest absolute Gasteiger partial charge is 0.338 e. The molecule has 7 nitrogen and oxygen atoms in total. The van der Waals surface area contributed by atoms with Crippen molar-refractivity contribution < 1.29 is 13.9 Å². The van der Waals surface area contributed by atoms with Crippen molar-refractivity contribution in [1.29, 1.82) is 5.26 Å². The number of thiophene rings is 1. The second kappa shape index (κ2) is 9.33. The summed E-state index contributed by atoms with van der Waals surface area (Å²) in [6.07, 6.45) is 1.66. The number of carbonyl (C=O) groups is 1. The molecule has 1 aliphatic heterocycles. The largest absolute Gasteiger partial charge is 0.463 e. The minimum atomic E-state index is -0.609. The zero-order valence-corrected chi connectivity index (χ0v) is 20.5. The molecule has 1 aromatic carbocycles. The van der Waals surface area contributed by atoms with E-state index in [1.165, 1.54) is 22.7 Å². The molecule has 1 aliphatic rings. The molecular formula is C26H19N3O4S2. The monoisotopic (exact) mass is 501 g/mol. The number of fused-ring (bicyclic) bond motifs is 1. The SMILES string of the molecule is CCOC(=O)C1=C(C)N=c2s/c(=C/c3ccc(-c4ccccc4C#N)o3)c(=O)n2[C@@H]1c1cccs1. The molecule has 0 fully saturated rings. The maximum Gasteiger partial charge on any atom is 0.338 e. The third-order valence-corrected chi connectivity index (χ3v) is 7.45. The Morgan fingerprint density at radius 2 is 2.09 bits per heavy atom. The Balaban J connectivity index is 1.63. The number of benzene rings is 1. The first-order valence-electron chi connectivity index (χ1n) is 10.8. The molecule has 4 aromatic rings. The van der Waals surface area contributed by atoms with Crippen LogP contribution in [0, 0.1) is 11.3 Å². The summed E-state index contributed by atoms with van der Waals surface area (Å²) in [4.78, 5) is 32.3. The van der Waals surface area contributed by atoms with Gasteiger partial charge in [0.1, 0.15) is 17.6 Å². The van der Waals surface area contributed by atoms with E-state index in [-0.39, 0.29) is 12.2 Å². The number of thiazole rings is 1. The molecule has 0 saturated heterocycles. The van der Waals surface area contributed by atoms with E-state index in [1.54, 1.807) is 48.8 Å². The van der Waals surface area contributed by atoms with Crippen LogP contribution in [0.15, 0.2) is 79.4 Å². The molecule has 5 rings (SSSR count). The van der Waals surface area contributed by atoms with Crippen LogP contribution < -0.4 is 14.9 Å². The van der Waals surface area contributed by atoms with Crippen molar-refractivity contribution in [1.82, 2.24) is 4.57 Å². The van der Waals surface area contributed by atoms with Gasteiger partial charge in [0, 0.05) is 16.5 Å². The average Bonchev–Trinajstić information content (AvgIpc) is 3.60. The number of hydrogen-bond acceptors (Lipinski definition) is 8. The van der Waals surface area contributed by atoms with Gasteiger partial charge in [0.05, 0.1) is 34.0 Å². The molecule has 3 aromatic heterocycles. The van der Waals surface area contributed by atoms with Crippen molar-refractivity contribution in [3.63, 3.8) is 0 Å². The summed E-state index contributed by atoms with van der Waals surface area (Å²) in [6.45, 7) is 3.73. The molecule has 1 atom stereocenters. The maximum absolute atomic E-state index is 13.6. The summed E-state index contributed by atoms with van der Waals surface area (Å²) in [5, 5.41) is 11.3. The normalized spacial score (nSPS) is 15.5. The molecule has 4 heterocycles. The summed E-state index contributed by atoms with van der Waals surface area (Å²) in [5.41, 5.74) is 1.82. The highest BCUT2D eigenvalue weighted by Crippen LogP contribution is 2.33. The second-order valence-electron chi connectivity index (χ2n) is 7.68. The Bertz CT molecular complexity index is 1680. The van der Waals surface area contributed by atoms with Crippen molar-refractivity contribution >= 4 is 34.7 Å². The highest BCUT2D eigenvalue weighted by Gasteiger charge is 2.33. The molecule has 0 aliphatic carbocycles. The lowest BCUT2D eigenvalue weighted by Crippen LogP contribution is -2.39. The first-order chi connectivity index (χ1) is 17.0. The molecule has 0 spiro atoms. The van der Waals surface area contributed by atoms with Gasteiger partial charge in [-0.1, -0.05) is 29.5 Å². The Kier molecular flexibility index (Phi) is 6.07. The summed E-state index contributed by atoms with van der Waals surface area (Å²) in [5.74, 6) is 0.540. The van der Waals surface area contributed by atoms with Crippen LogP contribution in [-0.4, -0.2) is 17.1 Å². The van der Waals surface area contributed by atoms with Gasteiger partial charge in [-0.15, -0.1) is 11.3 Å². The number of aromatic nitrogens is 1. The fourth-order valence-corrected chi connectivity index (χ4v) is 5.86. The summed E-state index contributed by atoms with van der Waals surface area (Å²) in [6, 6.07) is 16.0. The van der Waals surface area contributed by atoms with Crippen molar-refractivity contribution in [2.45, 2.75) is 19.9 Å². The number of nitriles is 1. The second-order valence-corrected chi connectivity index (χ2v) is 9.67. The van der Waals surface area contributed by atoms with Crippen molar-refractivity contribution in [2.75, 3.05) is 6.61 Å². The molecule has 0 radical (unpaired) electrons. The van der Waals surface area contributed by atoms with Gasteiger partial charge in [0.25, 0.3) is 5.56 Å². The molecule has 35 heavy (non-hydrogen) atoms. The Hall–Kier alpha value is -4.00. The lowest BCUT2D eigenvalue weighted by atomic mass is 10.0. The molecule has 0 N–H and O–H groups in total. The third kappa shape index (κ3) is 4.07. The van der Waals surface area contributed by atoms with E-state index >= 15 is 0 Å². The van der Waals surface area contributed by atoms with Crippen LogP contribution in [0.4, 0.5) is 0 Å². The van der Waals surface area contributed by atoms with E-state index < -0.39 is 12.0 Å². The van der Waals surface area contributed by atoms with Crippen molar-refractivity contribution in [2.24, 2.45) is 4.99 Å². The van der Waals surface area contributed by atoms with E-state index in [0.717, 1.165) is 4.88 Å². The van der Waals surface area contributed by atoms with Gasteiger partial charge in [0.2, 0.25) is 0 Å². The lowest BCUT2D eigenvalue weighted by Gasteiger charge is -2.23. The van der Waals surface area contributed by atoms with E-state index in [0.29, 0.717) is 43.3 Å². The quantitative estimate of drug-likeness (QED) is 0.385. The number of allylic oxidation sites excluding steroid dienone is 1. The van der Waals surface area contributed by atoms with Gasteiger partial charge in [-0.3, -0.25) is 9.36 Å². The number of rotatable bonds is 5. The van der Waals surface area contributed by atoms with E-state index in [9.17, 15) is 14.9 Å². The van der Waals surface area contributed by atoms with Crippen LogP contribution in [0.3, 0.4) is 0 Å². The fourth-order valence-electron chi connectivity index (χ4n) is 4.01. The minimum absolute atomic E-state index is 0.229. The molecule has 9 heteroatoms. The molecule has 0 bridgehead atoms. The summed E-state index contributed by atoms with van der Waals surface area (Å²) < 4.78 is 13.2. The average molecular weight is 502 g/mol. The highest BCUT2D eigenvalue weighted by atomic mass is 32.1. The Labute approximate surface area is 208 Å². The van der Waals surface area contributed by atoms with E-state index in [4.69, 9.17) is 9.15 Å². The standard InChI is InChI=1S/C26H19N3O4S2/c1-3-32-25(31)22-15(2)28-26-29(23(22)20-9-6-12-34-20)24(30)21(35-26)13-17-10-11-19(33-17)18-8-5-4-7-16(18)14-27/h4-13,23H,3H2,1-2H3/b21-13+/t23-/m1/s1. The van der Waals surface area contributed by atoms with Crippen molar-refractivity contribution in [3.05, 3.63) is 101 Å². The minimum Gasteiger partial charge on any atom is -0.463 e. The summed E-state index contributed by atoms with van der Waals surface area (Å²) >= 11 is 2.70. The number of carbonyl (C=O) groups excluding carboxylic acids is 1. The van der Waals surface area contributed by atoms with Crippen molar-refractivity contribution in [3.8, 4) is 17.4 Å². The number of hydrogen-bond donors (Lipinski definition) is 0. The summed E-state index contributed by atoms with van der Waals surface area (Å²) in [7, 11) is 0. The first-order valence-corrected chi connectivity index (χ1v) is 12.5. The van der Waals surface area contributed by atoms with Gasteiger partial charge >= 0.3 is 5.97 Å². The van der Waals surface area contributed by atoms with Gasteiger partial charge in [-0.2, -0.15) is 5.26 Å². The lowest BCUT2D eigenvalue weighted by molar-refractivity contribution is -0.139. The number of ether oxygens (including phenoxy) is 1. The maximum atomic E-state index is 13.6. The first kappa shape index (κ1) is 22.8. The van der Waals surface area contributed by atoms with Crippen LogP contribution >= 0.6 is 22.7 Å². The number of esters is 1. The predicted molar refractivity (Wildman–Crippen MR) is 134 cm³/mol. The topological polar surface area (TPSA) is 97.6 Å². The van der Waals surface area contributed by atoms with Crippen LogP contribution in [0.1, 0.15) is 36.1 Å². The molecule has 0 saturated carbocycles. The number of nitrogens with zero attached hydrogens (tertiary/aromatic N) is 3. The van der Waals surface area contributed by atoms with Crippen LogP contribution in [-0.2, 0) is 9.53 Å². The van der Waals surface area contributed by atoms with E-state index in [1.807, 2.05) is 29.6 Å². The zero-order chi connectivity index (χ0) is 24.5. The van der Waals surface area contributed by atoms with Crippen LogP contribution in [0.25, 0.3) is 17.4 Å². The van der Waals surface area contributed by atoms with Crippen LogP contribution in [0.5, 0.6) is 0 Å². The molecule has 0 unspecified atom stereocenters. The fraction of sp³-hybridized carbons (Fsp3) is 0.154. The molecular weight excluding hydrogens is 482 g/mol. The van der Waals surface area contributed by atoms with Gasteiger partial charge < -0.3 is 9.15 Å². The Morgan fingerprint density at radius 3 is 2.83 bits per heavy atom. The molecule has 174 valence electrons.